The van der Waals surface area contributed by atoms with Gasteiger partial charge < -0.3 is 62.6 Å². The third kappa shape index (κ3) is 8.61. The van der Waals surface area contributed by atoms with Gasteiger partial charge in [0.2, 0.25) is 0 Å². The van der Waals surface area contributed by atoms with Crippen molar-refractivity contribution < 1.29 is 62.6 Å². The zero-order valence-electron chi connectivity index (χ0n) is 15.9. The molecule has 8 heteroatoms. The van der Waals surface area contributed by atoms with Crippen LogP contribution < -0.4 is 52.3 Å². The third-order valence-electron chi connectivity index (χ3n) is 5.14. The number of hydrogen-bond donors (Lipinski definition) is 5. The molecule has 0 amide bonds. The van der Waals surface area contributed by atoms with E-state index in [-0.39, 0.29) is 49.0 Å². The number of aliphatic hydroxyl groups is 1. The summed E-state index contributed by atoms with van der Waals surface area (Å²) in [6.07, 6.45) is 0.703. The second-order valence-electron chi connectivity index (χ2n) is 7.18. The number of phenolic OH excluding ortho intramolecular Hbond substituents is 1. The van der Waals surface area contributed by atoms with Gasteiger partial charge in [-0.15, -0.1) is 0 Å². The molecule has 0 aliphatic carbocycles. The lowest BCUT2D eigenvalue weighted by molar-refractivity contribution is -1.00. The molecular weight excluding hydrogens is 397 g/mol. The van der Waals surface area contributed by atoms with Gasteiger partial charge in [0.1, 0.15) is 44.1 Å². The first-order valence-corrected chi connectivity index (χ1v) is 8.93. The quantitative estimate of drug-likeness (QED) is 0.279. The van der Waals surface area contributed by atoms with Crippen LogP contribution in [0.4, 0.5) is 0 Å². The highest BCUT2D eigenvalue weighted by atomic mass is 35.5. The Hall–Kier alpha value is -0.270. The van der Waals surface area contributed by atoms with Crippen LogP contribution in [0.5, 0.6) is 5.75 Å². The Bertz CT molecular complexity index is 501. The van der Waals surface area contributed by atoms with Crippen LogP contribution in [-0.2, 0) is 0 Å². The maximum Gasteiger partial charge on any atom is 0.130 e. The maximum absolute atomic E-state index is 10.5. The largest absolute Gasteiger partial charge is 1.00 e. The lowest BCUT2D eigenvalue weighted by Gasteiger charge is -2.27. The van der Waals surface area contributed by atoms with Gasteiger partial charge in [-0.05, 0) is 37.1 Å². The highest BCUT2D eigenvalue weighted by Gasteiger charge is 2.21. The Kier molecular flexibility index (Phi) is 14.9. The summed E-state index contributed by atoms with van der Waals surface area (Å²) in [7, 11) is 2.28. The monoisotopic (exact) mass is 429 g/mol. The molecule has 1 aromatic rings. The van der Waals surface area contributed by atoms with E-state index >= 15 is 0 Å². The van der Waals surface area contributed by atoms with Gasteiger partial charge in [-0.25, -0.2) is 0 Å². The van der Waals surface area contributed by atoms with Gasteiger partial charge in [0, 0.05) is 6.42 Å². The first-order valence-electron chi connectivity index (χ1n) is 8.93. The number of phenols is 1. The molecule has 0 radical (unpaired) electrons. The van der Waals surface area contributed by atoms with Gasteiger partial charge >= 0.3 is 0 Å². The third-order valence-corrected chi connectivity index (χ3v) is 5.14. The predicted molar refractivity (Wildman–Crippen MR) is 90.9 cm³/mol. The molecule has 2 atom stereocenters. The molecule has 0 spiro atoms. The molecule has 154 valence electrons. The van der Waals surface area contributed by atoms with E-state index in [1.807, 2.05) is 19.1 Å². The molecule has 2 rings (SSSR count). The van der Waals surface area contributed by atoms with E-state index in [0.717, 1.165) is 17.7 Å². The van der Waals surface area contributed by atoms with Crippen LogP contribution >= 0.6 is 0 Å². The lowest BCUT2D eigenvalue weighted by atomic mass is 10.0. The van der Waals surface area contributed by atoms with Crippen molar-refractivity contribution in [3.05, 3.63) is 29.3 Å². The Labute approximate surface area is 176 Å². The fourth-order valence-electron chi connectivity index (χ4n) is 3.31. The minimum absolute atomic E-state index is 0. The molecule has 26 heavy (non-hydrogen) atoms. The minimum Gasteiger partial charge on any atom is -1.00 e. The topological polar surface area (TPSA) is 66.0 Å². The van der Waals surface area contributed by atoms with E-state index in [4.69, 9.17) is 0 Å². The molecule has 1 aliphatic rings. The Morgan fingerprint density at radius 2 is 1.73 bits per heavy atom. The smallest absolute Gasteiger partial charge is 0.130 e. The van der Waals surface area contributed by atoms with Crippen LogP contribution in [0.2, 0.25) is 0 Å². The summed E-state index contributed by atoms with van der Waals surface area (Å²) in [4.78, 5) is 3.38. The number of benzene rings is 1. The maximum atomic E-state index is 10.5. The van der Waals surface area contributed by atoms with Crippen LogP contribution in [0, 0.1) is 6.92 Å². The predicted octanol–water partition coefficient (Wildman–Crippen LogP) is -11.5. The Balaban J connectivity index is 0. The van der Waals surface area contributed by atoms with Crippen LogP contribution in [0.1, 0.15) is 30.6 Å². The van der Waals surface area contributed by atoms with Gasteiger partial charge in [-0.2, -0.15) is 0 Å². The first-order chi connectivity index (χ1) is 11.0. The number of rotatable bonds is 7. The van der Waals surface area contributed by atoms with Crippen molar-refractivity contribution in [2.75, 3.05) is 46.3 Å². The molecule has 0 aromatic heterocycles. The number of nitrogens with two attached hydrogens (primary N) is 1. The summed E-state index contributed by atoms with van der Waals surface area (Å²) in [5.74, 6) is 0.287. The normalized spacial score (nSPS) is 21.5. The highest BCUT2D eigenvalue weighted by molar-refractivity contribution is 5.36. The second-order valence-corrected chi connectivity index (χ2v) is 7.18. The standard InChI is InChI=1S/C18H31N3O2.3ClH/c1-14-13-16(5-6-17(14)22)18(23)15(2)19-7-4-8-21-11-9-20(3)10-12-21;;;/h5-6,13,15,18-19,22-23H,4,7-12H2,1-3H3;3*1H. The lowest BCUT2D eigenvalue weighted by Crippen LogP contribution is -3.27. The zero-order chi connectivity index (χ0) is 16.8. The summed E-state index contributed by atoms with van der Waals surface area (Å²) >= 11 is 0. The van der Waals surface area contributed by atoms with E-state index in [2.05, 4.69) is 19.3 Å². The number of aromatic hydroxyl groups is 1. The number of likely N-dealkylation sites (N-methyl/N-ethyl adjacent to an activating group) is 1. The van der Waals surface area contributed by atoms with Gasteiger partial charge in [0.25, 0.3) is 0 Å². The van der Waals surface area contributed by atoms with Crippen LogP contribution in [-0.4, -0.2) is 62.6 Å². The van der Waals surface area contributed by atoms with Crippen molar-refractivity contribution >= 4 is 0 Å². The molecule has 0 bridgehead atoms. The first kappa shape index (κ1) is 27.9. The average molecular weight is 431 g/mol. The molecule has 0 saturated carbocycles. The van der Waals surface area contributed by atoms with Crippen LogP contribution in [0.3, 0.4) is 0 Å². The zero-order valence-corrected chi connectivity index (χ0v) is 18.2. The molecule has 1 saturated heterocycles. The van der Waals surface area contributed by atoms with E-state index in [9.17, 15) is 10.2 Å². The van der Waals surface area contributed by atoms with Gasteiger partial charge in [0.05, 0.1) is 20.1 Å². The Morgan fingerprint density at radius 3 is 2.31 bits per heavy atom. The van der Waals surface area contributed by atoms with Crippen molar-refractivity contribution in [1.82, 2.24) is 0 Å². The fraction of sp³-hybridized carbons (Fsp3) is 0.667. The summed E-state index contributed by atoms with van der Waals surface area (Å²) in [6, 6.07) is 5.49. The SMILES string of the molecule is Cc1cc(C(O)C(C)[NH2+]CCC[NH+]2CC[NH+](C)CC2)ccc1O.[Cl-].[Cl-].[Cl-]. The molecule has 1 fully saturated rings. The average Bonchev–Trinajstić information content (AvgIpc) is 2.55. The Morgan fingerprint density at radius 1 is 1.12 bits per heavy atom. The van der Waals surface area contributed by atoms with Crippen molar-refractivity contribution in [2.45, 2.75) is 32.4 Å². The van der Waals surface area contributed by atoms with E-state index in [1.165, 1.54) is 39.1 Å². The molecule has 6 N–H and O–H groups in total. The van der Waals surface area contributed by atoms with Gasteiger partial charge in [0.15, 0.2) is 0 Å². The summed E-state index contributed by atoms with van der Waals surface area (Å²) in [5, 5.41) is 22.3. The van der Waals surface area contributed by atoms with Crippen molar-refractivity contribution in [3.63, 3.8) is 0 Å². The number of aliphatic hydroxyl groups excluding tert-OH is 1. The molecule has 1 aromatic carbocycles. The van der Waals surface area contributed by atoms with E-state index in [1.54, 1.807) is 15.9 Å². The number of hydrogen-bond acceptors (Lipinski definition) is 2. The van der Waals surface area contributed by atoms with Crippen molar-refractivity contribution in [2.24, 2.45) is 0 Å². The minimum atomic E-state index is -0.492. The van der Waals surface area contributed by atoms with Crippen molar-refractivity contribution in [1.29, 1.82) is 0 Å². The van der Waals surface area contributed by atoms with Crippen LogP contribution in [0.25, 0.3) is 0 Å². The number of nitrogens with one attached hydrogen (secondary N) is 2. The summed E-state index contributed by atoms with van der Waals surface area (Å²) in [6.45, 7) is 11.4. The molecule has 2 unspecified atom stereocenters. The number of quaternary nitrogens is 3. The van der Waals surface area contributed by atoms with Gasteiger partial charge in [-0.3, -0.25) is 0 Å². The fourth-order valence-corrected chi connectivity index (χ4v) is 3.31. The van der Waals surface area contributed by atoms with Gasteiger partial charge in [-0.1, -0.05) is 6.07 Å². The number of piperazine rings is 1. The summed E-state index contributed by atoms with van der Waals surface area (Å²) < 4.78 is 0. The highest BCUT2D eigenvalue weighted by Crippen LogP contribution is 2.22. The van der Waals surface area contributed by atoms with E-state index < -0.39 is 6.10 Å². The number of aryl methyl sites for hydroxylation is 1. The molecular formula is C18H34Cl3N3O2. The molecule has 1 aliphatic heterocycles. The summed E-state index contributed by atoms with van der Waals surface area (Å²) in [5.41, 5.74) is 1.70. The van der Waals surface area contributed by atoms with E-state index in [0.29, 0.717) is 0 Å². The van der Waals surface area contributed by atoms with Crippen molar-refractivity contribution in [3.8, 4) is 5.75 Å². The number of halogens is 3. The molecule has 5 nitrogen and oxygen atoms in total. The van der Waals surface area contributed by atoms with Crippen LogP contribution in [0.15, 0.2) is 18.2 Å². The second kappa shape index (κ2) is 13.8. The molecule has 1 heterocycles.